The van der Waals surface area contributed by atoms with Crippen LogP contribution in [-0.2, 0) is 16.6 Å². The number of rotatable bonds is 5. The summed E-state index contributed by atoms with van der Waals surface area (Å²) < 4.78 is 26.8. The van der Waals surface area contributed by atoms with Gasteiger partial charge in [0.1, 0.15) is 0 Å². The lowest BCUT2D eigenvalue weighted by molar-refractivity contribution is 0.0696. The Balaban J connectivity index is 2.28. The van der Waals surface area contributed by atoms with Gasteiger partial charge in [-0.1, -0.05) is 6.07 Å². The number of aromatic carboxylic acids is 1. The molecule has 2 rings (SSSR count). The van der Waals surface area contributed by atoms with Gasteiger partial charge in [0.25, 0.3) is 0 Å². The van der Waals surface area contributed by atoms with Gasteiger partial charge in [-0.15, -0.1) is 0 Å². The molecule has 8 heteroatoms. The highest BCUT2D eigenvalue weighted by molar-refractivity contribution is 7.89. The lowest BCUT2D eigenvalue weighted by Crippen LogP contribution is -2.24. The number of H-pyrrole nitrogens is 1. The molecule has 0 fully saturated rings. The molecule has 0 unspecified atom stereocenters. The summed E-state index contributed by atoms with van der Waals surface area (Å²) in [5.41, 5.74) is 1.02. The van der Waals surface area contributed by atoms with Gasteiger partial charge in [0.05, 0.1) is 22.7 Å². The Labute approximate surface area is 115 Å². The monoisotopic (exact) mass is 295 g/mol. The van der Waals surface area contributed by atoms with Crippen LogP contribution >= 0.6 is 0 Å². The SMILES string of the molecule is Cc1ccc(C(=O)O)cc1S(=O)(=O)NCc1ccn[nH]1. The van der Waals surface area contributed by atoms with E-state index in [0.717, 1.165) is 6.07 Å². The molecule has 20 heavy (non-hydrogen) atoms. The topological polar surface area (TPSA) is 112 Å². The number of aryl methyl sites for hydroxylation is 1. The van der Waals surface area contributed by atoms with Gasteiger partial charge in [0.15, 0.2) is 0 Å². The maximum absolute atomic E-state index is 12.2. The summed E-state index contributed by atoms with van der Waals surface area (Å²) >= 11 is 0. The summed E-state index contributed by atoms with van der Waals surface area (Å²) in [6.07, 6.45) is 1.51. The summed E-state index contributed by atoms with van der Waals surface area (Å²) in [5, 5.41) is 15.3. The molecule has 106 valence electrons. The Kier molecular flexibility index (Phi) is 3.86. The van der Waals surface area contributed by atoms with Crippen molar-refractivity contribution in [2.75, 3.05) is 0 Å². The Bertz CT molecular complexity index is 723. The molecule has 0 saturated heterocycles. The zero-order valence-corrected chi connectivity index (χ0v) is 11.4. The second-order valence-corrected chi connectivity index (χ2v) is 5.93. The van der Waals surface area contributed by atoms with E-state index in [2.05, 4.69) is 14.9 Å². The van der Waals surface area contributed by atoms with E-state index in [1.54, 1.807) is 13.0 Å². The van der Waals surface area contributed by atoms with Crippen molar-refractivity contribution in [1.82, 2.24) is 14.9 Å². The van der Waals surface area contributed by atoms with Crippen LogP contribution in [0.4, 0.5) is 0 Å². The third-order valence-corrected chi connectivity index (χ3v) is 4.28. The lowest BCUT2D eigenvalue weighted by atomic mass is 10.1. The Hall–Kier alpha value is -2.19. The molecule has 3 N–H and O–H groups in total. The second kappa shape index (κ2) is 5.43. The Morgan fingerprint density at radius 2 is 2.15 bits per heavy atom. The molecule has 0 amide bonds. The zero-order valence-electron chi connectivity index (χ0n) is 10.6. The first-order valence-corrected chi connectivity index (χ1v) is 7.20. The van der Waals surface area contributed by atoms with Crippen molar-refractivity contribution in [2.24, 2.45) is 0 Å². The molecule has 2 aromatic rings. The molecule has 1 aromatic heterocycles. The smallest absolute Gasteiger partial charge is 0.335 e. The Morgan fingerprint density at radius 1 is 1.40 bits per heavy atom. The van der Waals surface area contributed by atoms with E-state index in [9.17, 15) is 13.2 Å². The standard InChI is InChI=1S/C12H13N3O4S/c1-8-2-3-9(12(16)17)6-11(8)20(18,19)14-7-10-4-5-13-15-10/h2-6,14H,7H2,1H3,(H,13,15)(H,16,17). The molecule has 0 aliphatic rings. The number of carbonyl (C=O) groups is 1. The van der Waals surface area contributed by atoms with Crippen LogP contribution in [0.15, 0.2) is 35.4 Å². The second-order valence-electron chi connectivity index (χ2n) is 4.19. The number of carboxylic acid groups (broad SMARTS) is 1. The summed E-state index contributed by atoms with van der Waals surface area (Å²) in [4.78, 5) is 10.9. The van der Waals surface area contributed by atoms with Gasteiger partial charge in [-0.3, -0.25) is 5.10 Å². The van der Waals surface area contributed by atoms with Gasteiger partial charge < -0.3 is 5.11 Å². The molecule has 0 saturated carbocycles. The number of hydrogen-bond acceptors (Lipinski definition) is 4. The summed E-state index contributed by atoms with van der Waals surface area (Å²) in [7, 11) is -3.78. The van der Waals surface area contributed by atoms with Crippen molar-refractivity contribution < 1.29 is 18.3 Å². The zero-order chi connectivity index (χ0) is 14.8. The molecule has 0 atom stereocenters. The quantitative estimate of drug-likeness (QED) is 0.758. The van der Waals surface area contributed by atoms with Crippen LogP contribution in [0.2, 0.25) is 0 Å². The minimum Gasteiger partial charge on any atom is -0.478 e. The molecule has 0 bridgehead atoms. The summed E-state index contributed by atoms with van der Waals surface area (Å²) in [6, 6.07) is 5.62. The van der Waals surface area contributed by atoms with E-state index in [-0.39, 0.29) is 17.0 Å². The third kappa shape index (κ3) is 3.03. The van der Waals surface area contributed by atoms with Crippen LogP contribution in [0.25, 0.3) is 0 Å². The fourth-order valence-corrected chi connectivity index (χ4v) is 2.93. The fraction of sp³-hybridized carbons (Fsp3) is 0.167. The van der Waals surface area contributed by atoms with Crippen LogP contribution in [-0.4, -0.2) is 29.7 Å². The third-order valence-electron chi connectivity index (χ3n) is 2.74. The number of sulfonamides is 1. The first-order chi connectivity index (χ1) is 9.40. The number of aromatic amines is 1. The average Bonchev–Trinajstić information content (AvgIpc) is 2.89. The molecule has 0 spiro atoms. The number of carboxylic acids is 1. The molecule has 1 aromatic carbocycles. The van der Waals surface area contributed by atoms with Gasteiger partial charge >= 0.3 is 5.97 Å². The molecule has 0 aliphatic heterocycles. The van der Waals surface area contributed by atoms with Gasteiger partial charge in [-0.25, -0.2) is 17.9 Å². The van der Waals surface area contributed by atoms with Crippen LogP contribution in [0.1, 0.15) is 21.6 Å². The maximum Gasteiger partial charge on any atom is 0.335 e. The largest absolute Gasteiger partial charge is 0.478 e. The highest BCUT2D eigenvalue weighted by atomic mass is 32.2. The molecule has 7 nitrogen and oxygen atoms in total. The molecular weight excluding hydrogens is 282 g/mol. The summed E-state index contributed by atoms with van der Waals surface area (Å²) in [6.45, 7) is 1.66. The minimum absolute atomic E-state index is 0.0445. The predicted molar refractivity (Wildman–Crippen MR) is 70.8 cm³/mol. The van der Waals surface area contributed by atoms with Crippen molar-refractivity contribution in [1.29, 1.82) is 0 Å². The van der Waals surface area contributed by atoms with Gasteiger partial charge in [0.2, 0.25) is 10.0 Å². The Morgan fingerprint density at radius 3 is 2.75 bits per heavy atom. The van der Waals surface area contributed by atoms with E-state index >= 15 is 0 Å². The van der Waals surface area contributed by atoms with Crippen LogP contribution < -0.4 is 4.72 Å². The lowest BCUT2D eigenvalue weighted by Gasteiger charge is -2.09. The maximum atomic E-state index is 12.2. The fourth-order valence-electron chi connectivity index (χ4n) is 1.66. The normalized spacial score (nSPS) is 11.4. The number of hydrogen-bond donors (Lipinski definition) is 3. The van der Waals surface area contributed by atoms with Crippen molar-refractivity contribution in [3.63, 3.8) is 0 Å². The molecule has 0 radical (unpaired) electrons. The van der Waals surface area contributed by atoms with Crippen molar-refractivity contribution in [3.8, 4) is 0 Å². The van der Waals surface area contributed by atoms with E-state index in [1.807, 2.05) is 0 Å². The first kappa shape index (κ1) is 14.2. The number of nitrogens with zero attached hydrogens (tertiary/aromatic N) is 1. The van der Waals surface area contributed by atoms with Gasteiger partial charge in [-0.05, 0) is 30.7 Å². The first-order valence-electron chi connectivity index (χ1n) is 5.72. The highest BCUT2D eigenvalue weighted by Gasteiger charge is 2.18. The van der Waals surface area contributed by atoms with Crippen molar-refractivity contribution >= 4 is 16.0 Å². The van der Waals surface area contributed by atoms with Crippen LogP contribution in [0, 0.1) is 6.92 Å². The molecule has 1 heterocycles. The van der Waals surface area contributed by atoms with E-state index in [4.69, 9.17) is 5.11 Å². The number of aromatic nitrogens is 2. The number of benzene rings is 1. The highest BCUT2D eigenvalue weighted by Crippen LogP contribution is 2.17. The molecule has 0 aliphatic carbocycles. The average molecular weight is 295 g/mol. The van der Waals surface area contributed by atoms with Gasteiger partial charge in [-0.2, -0.15) is 5.10 Å². The predicted octanol–water partition coefficient (Wildman–Crippen LogP) is 0.895. The van der Waals surface area contributed by atoms with E-state index < -0.39 is 16.0 Å². The van der Waals surface area contributed by atoms with Crippen molar-refractivity contribution in [2.45, 2.75) is 18.4 Å². The van der Waals surface area contributed by atoms with E-state index in [0.29, 0.717) is 11.3 Å². The minimum atomic E-state index is -3.78. The van der Waals surface area contributed by atoms with Crippen LogP contribution in [0.5, 0.6) is 0 Å². The van der Waals surface area contributed by atoms with E-state index in [1.165, 1.54) is 18.3 Å². The number of nitrogens with one attached hydrogen (secondary N) is 2. The van der Waals surface area contributed by atoms with Crippen LogP contribution in [0.3, 0.4) is 0 Å². The molecular formula is C12H13N3O4S. The van der Waals surface area contributed by atoms with Gasteiger partial charge in [0, 0.05) is 6.20 Å². The summed E-state index contributed by atoms with van der Waals surface area (Å²) in [5.74, 6) is -1.17. The van der Waals surface area contributed by atoms with Crippen molar-refractivity contribution in [3.05, 3.63) is 47.3 Å².